The van der Waals surface area contributed by atoms with Crippen LogP contribution in [0, 0.1) is 19.8 Å². The Hall–Kier alpha value is -0.860. The molecule has 2 nitrogen and oxygen atoms in total. The molecule has 1 aliphatic rings. The fourth-order valence-electron chi connectivity index (χ4n) is 2.93. The molecule has 1 heterocycles. The Kier molecular flexibility index (Phi) is 3.55. The van der Waals surface area contributed by atoms with Crippen molar-refractivity contribution < 1.29 is 4.74 Å². The number of benzene rings is 1. The maximum atomic E-state index is 5.70. The van der Waals surface area contributed by atoms with E-state index in [0.29, 0.717) is 5.92 Å². The van der Waals surface area contributed by atoms with Gasteiger partial charge in [-0.05, 0) is 43.9 Å². The van der Waals surface area contributed by atoms with Gasteiger partial charge in [-0.25, -0.2) is 0 Å². The third-order valence-electron chi connectivity index (χ3n) is 4.18. The first-order valence-electron chi connectivity index (χ1n) is 6.46. The topological polar surface area (TPSA) is 35.2 Å². The van der Waals surface area contributed by atoms with Crippen molar-refractivity contribution in [2.75, 3.05) is 19.8 Å². The molecule has 0 spiro atoms. The molecule has 1 unspecified atom stereocenters. The van der Waals surface area contributed by atoms with Crippen molar-refractivity contribution in [1.82, 2.24) is 0 Å². The average Bonchev–Trinajstić information content (AvgIpc) is 2.20. The van der Waals surface area contributed by atoms with Gasteiger partial charge in [-0.1, -0.05) is 30.7 Å². The number of hydrogen-bond acceptors (Lipinski definition) is 2. The Labute approximate surface area is 104 Å². The maximum Gasteiger partial charge on any atom is 0.0588 e. The monoisotopic (exact) mass is 233 g/mol. The van der Waals surface area contributed by atoms with Crippen LogP contribution in [0.25, 0.3) is 0 Å². The van der Waals surface area contributed by atoms with E-state index in [-0.39, 0.29) is 5.41 Å². The molecule has 17 heavy (non-hydrogen) atoms. The predicted octanol–water partition coefficient (Wildman–Crippen LogP) is 2.56. The first kappa shape index (κ1) is 12.6. The lowest BCUT2D eigenvalue weighted by atomic mass is 9.67. The lowest BCUT2D eigenvalue weighted by Gasteiger charge is -2.47. The number of rotatable bonds is 4. The Morgan fingerprint density at radius 1 is 1.35 bits per heavy atom. The summed E-state index contributed by atoms with van der Waals surface area (Å²) in [6.45, 7) is 9.10. The van der Waals surface area contributed by atoms with Crippen molar-refractivity contribution in [1.29, 1.82) is 0 Å². The summed E-state index contributed by atoms with van der Waals surface area (Å²) < 4.78 is 5.50. The highest BCUT2D eigenvalue weighted by atomic mass is 16.5. The molecular formula is C15H23NO. The highest BCUT2D eigenvalue weighted by Crippen LogP contribution is 2.42. The predicted molar refractivity (Wildman–Crippen MR) is 71.2 cm³/mol. The van der Waals surface area contributed by atoms with Gasteiger partial charge in [-0.15, -0.1) is 0 Å². The van der Waals surface area contributed by atoms with E-state index in [1.54, 1.807) is 0 Å². The molecule has 1 fully saturated rings. The van der Waals surface area contributed by atoms with Crippen LogP contribution in [0.3, 0.4) is 0 Å². The summed E-state index contributed by atoms with van der Waals surface area (Å²) >= 11 is 0. The van der Waals surface area contributed by atoms with Crippen molar-refractivity contribution >= 4 is 0 Å². The molecule has 2 rings (SSSR count). The lowest BCUT2D eigenvalue weighted by molar-refractivity contribution is -0.0886. The summed E-state index contributed by atoms with van der Waals surface area (Å²) in [6, 6.07) is 6.75. The van der Waals surface area contributed by atoms with E-state index in [4.69, 9.17) is 10.5 Å². The standard InChI is InChI=1S/C15H23NO/c1-11-4-5-14(12(2)8-11)15(9-17-10-15)13(3)6-7-16/h4-5,8,13H,6-7,9-10,16H2,1-3H3. The molecule has 2 N–H and O–H groups in total. The summed E-state index contributed by atoms with van der Waals surface area (Å²) in [5.41, 5.74) is 10.1. The van der Waals surface area contributed by atoms with Crippen LogP contribution in [0.2, 0.25) is 0 Å². The van der Waals surface area contributed by atoms with Crippen molar-refractivity contribution in [2.24, 2.45) is 11.7 Å². The molecule has 0 aliphatic carbocycles. The van der Waals surface area contributed by atoms with Crippen LogP contribution in [0.5, 0.6) is 0 Å². The van der Waals surface area contributed by atoms with Crippen molar-refractivity contribution in [3.8, 4) is 0 Å². The minimum atomic E-state index is 0.206. The quantitative estimate of drug-likeness (QED) is 0.867. The van der Waals surface area contributed by atoms with Gasteiger partial charge in [0.25, 0.3) is 0 Å². The van der Waals surface area contributed by atoms with Crippen molar-refractivity contribution in [2.45, 2.75) is 32.6 Å². The molecule has 94 valence electrons. The number of nitrogens with two attached hydrogens (primary N) is 1. The fraction of sp³-hybridized carbons (Fsp3) is 0.600. The molecule has 0 aromatic heterocycles. The Balaban J connectivity index is 2.34. The molecule has 0 saturated carbocycles. The number of aryl methyl sites for hydroxylation is 2. The molecule has 1 aliphatic heterocycles. The van der Waals surface area contributed by atoms with Crippen molar-refractivity contribution in [3.05, 3.63) is 34.9 Å². The zero-order chi connectivity index (χ0) is 12.5. The van der Waals surface area contributed by atoms with Crippen molar-refractivity contribution in [3.63, 3.8) is 0 Å². The summed E-state index contributed by atoms with van der Waals surface area (Å²) in [4.78, 5) is 0. The van der Waals surface area contributed by atoms with Gasteiger partial charge in [-0.3, -0.25) is 0 Å². The smallest absolute Gasteiger partial charge is 0.0588 e. The molecule has 1 saturated heterocycles. The van der Waals surface area contributed by atoms with E-state index in [2.05, 4.69) is 39.0 Å². The second-order valence-electron chi connectivity index (χ2n) is 5.45. The van der Waals surface area contributed by atoms with Gasteiger partial charge in [0.1, 0.15) is 0 Å². The van der Waals surface area contributed by atoms with E-state index in [0.717, 1.165) is 26.2 Å². The van der Waals surface area contributed by atoms with E-state index in [1.165, 1.54) is 16.7 Å². The summed E-state index contributed by atoms with van der Waals surface area (Å²) in [5, 5.41) is 0. The highest BCUT2D eigenvalue weighted by Gasteiger charge is 2.45. The van der Waals surface area contributed by atoms with Gasteiger partial charge in [0.15, 0.2) is 0 Å². The first-order valence-corrected chi connectivity index (χ1v) is 6.46. The Morgan fingerprint density at radius 2 is 2.06 bits per heavy atom. The van der Waals surface area contributed by atoms with Gasteiger partial charge in [0.2, 0.25) is 0 Å². The maximum absolute atomic E-state index is 5.70. The van der Waals surface area contributed by atoms with Crippen LogP contribution in [0.1, 0.15) is 30.0 Å². The normalized spacial score (nSPS) is 19.8. The SMILES string of the molecule is Cc1ccc(C2(C(C)CCN)COC2)c(C)c1. The van der Waals surface area contributed by atoms with E-state index < -0.39 is 0 Å². The van der Waals surface area contributed by atoms with E-state index >= 15 is 0 Å². The largest absolute Gasteiger partial charge is 0.379 e. The van der Waals surface area contributed by atoms with Crippen LogP contribution in [-0.4, -0.2) is 19.8 Å². The van der Waals surface area contributed by atoms with Crippen LogP contribution in [0.4, 0.5) is 0 Å². The molecule has 0 bridgehead atoms. The molecule has 1 aromatic rings. The Morgan fingerprint density at radius 3 is 2.53 bits per heavy atom. The van der Waals surface area contributed by atoms with Crippen LogP contribution in [-0.2, 0) is 10.2 Å². The molecular weight excluding hydrogens is 210 g/mol. The minimum absolute atomic E-state index is 0.206. The number of hydrogen-bond donors (Lipinski definition) is 1. The van der Waals surface area contributed by atoms with Gasteiger partial charge in [0, 0.05) is 5.41 Å². The molecule has 1 aromatic carbocycles. The minimum Gasteiger partial charge on any atom is -0.379 e. The number of ether oxygens (including phenoxy) is 1. The second-order valence-corrected chi connectivity index (χ2v) is 5.45. The molecule has 0 amide bonds. The molecule has 1 atom stereocenters. The average molecular weight is 233 g/mol. The molecule has 0 radical (unpaired) electrons. The van der Waals surface area contributed by atoms with Gasteiger partial charge in [-0.2, -0.15) is 0 Å². The van der Waals surface area contributed by atoms with E-state index in [9.17, 15) is 0 Å². The third kappa shape index (κ3) is 2.12. The first-order chi connectivity index (χ1) is 8.10. The zero-order valence-electron chi connectivity index (χ0n) is 11.1. The summed E-state index contributed by atoms with van der Waals surface area (Å²) in [5.74, 6) is 0.586. The van der Waals surface area contributed by atoms with E-state index in [1.807, 2.05) is 0 Å². The van der Waals surface area contributed by atoms with Crippen LogP contribution in [0.15, 0.2) is 18.2 Å². The van der Waals surface area contributed by atoms with Gasteiger partial charge in [0.05, 0.1) is 13.2 Å². The summed E-state index contributed by atoms with van der Waals surface area (Å²) in [7, 11) is 0. The summed E-state index contributed by atoms with van der Waals surface area (Å²) in [6.07, 6.45) is 1.07. The van der Waals surface area contributed by atoms with Crippen LogP contribution < -0.4 is 5.73 Å². The second kappa shape index (κ2) is 4.79. The third-order valence-corrected chi connectivity index (χ3v) is 4.18. The van der Waals surface area contributed by atoms with Gasteiger partial charge < -0.3 is 10.5 Å². The zero-order valence-corrected chi connectivity index (χ0v) is 11.1. The fourth-order valence-corrected chi connectivity index (χ4v) is 2.93. The molecule has 2 heteroatoms. The van der Waals surface area contributed by atoms with Gasteiger partial charge >= 0.3 is 0 Å². The highest BCUT2D eigenvalue weighted by molar-refractivity contribution is 5.38. The Bertz CT molecular complexity index is 396. The lowest BCUT2D eigenvalue weighted by Crippen LogP contribution is -2.52. The van der Waals surface area contributed by atoms with Crippen LogP contribution >= 0.6 is 0 Å².